The molecule has 2 unspecified atom stereocenters. The van der Waals surface area contributed by atoms with Crippen LogP contribution in [0.25, 0.3) is 0 Å². The summed E-state index contributed by atoms with van der Waals surface area (Å²) in [6.45, 7) is 2.62. The topological polar surface area (TPSA) is 44.8 Å². The number of rotatable bonds is 10. The third kappa shape index (κ3) is 7.48. The Labute approximate surface area is 91.9 Å². The van der Waals surface area contributed by atoms with E-state index in [4.69, 9.17) is 14.2 Å². The summed E-state index contributed by atoms with van der Waals surface area (Å²) >= 11 is 0. The van der Waals surface area contributed by atoms with Gasteiger partial charge in [0.05, 0.1) is 12.7 Å². The van der Waals surface area contributed by atoms with Crippen LogP contribution in [0.4, 0.5) is 0 Å². The van der Waals surface area contributed by atoms with Gasteiger partial charge in [0, 0.05) is 20.6 Å². The Morgan fingerprint density at radius 3 is 2.53 bits per heavy atom. The van der Waals surface area contributed by atoms with E-state index in [0.29, 0.717) is 13.0 Å². The summed E-state index contributed by atoms with van der Waals surface area (Å²) in [6.07, 6.45) is 3.74. The Bertz CT molecular complexity index is 150. The van der Waals surface area contributed by atoms with Gasteiger partial charge in [-0.2, -0.15) is 0 Å². The minimum atomic E-state index is -0.231. The standard InChI is InChI=1S/C11H22O4/c1-4-10(9-13-2)15-11(14-3)7-5-6-8-12/h8,10-11H,4-7,9H2,1-3H3. The minimum absolute atomic E-state index is 0.0659. The Balaban J connectivity index is 3.78. The summed E-state index contributed by atoms with van der Waals surface area (Å²) in [5.41, 5.74) is 0. The number of hydrogen-bond acceptors (Lipinski definition) is 4. The van der Waals surface area contributed by atoms with Crippen LogP contribution in [0.3, 0.4) is 0 Å². The van der Waals surface area contributed by atoms with Crippen molar-refractivity contribution in [3.05, 3.63) is 0 Å². The van der Waals surface area contributed by atoms with E-state index >= 15 is 0 Å². The zero-order chi connectivity index (χ0) is 11.5. The highest BCUT2D eigenvalue weighted by Crippen LogP contribution is 2.10. The van der Waals surface area contributed by atoms with Crippen molar-refractivity contribution in [1.82, 2.24) is 0 Å². The number of aldehydes is 1. The van der Waals surface area contributed by atoms with Gasteiger partial charge >= 0.3 is 0 Å². The van der Waals surface area contributed by atoms with E-state index in [1.807, 2.05) is 6.92 Å². The predicted molar refractivity (Wildman–Crippen MR) is 57.8 cm³/mol. The largest absolute Gasteiger partial charge is 0.382 e. The quantitative estimate of drug-likeness (QED) is 0.318. The molecule has 0 amide bonds. The lowest BCUT2D eigenvalue weighted by Crippen LogP contribution is -2.26. The SMILES string of the molecule is CCC(COC)OC(CCCC=O)OC. The van der Waals surface area contributed by atoms with Gasteiger partial charge in [-0.1, -0.05) is 6.92 Å². The molecule has 0 aromatic rings. The molecule has 4 nitrogen and oxygen atoms in total. The molecule has 15 heavy (non-hydrogen) atoms. The predicted octanol–water partition coefficient (Wildman–Crippen LogP) is 1.77. The highest BCUT2D eigenvalue weighted by atomic mass is 16.7. The monoisotopic (exact) mass is 218 g/mol. The second kappa shape index (κ2) is 10.1. The first kappa shape index (κ1) is 14.6. The van der Waals surface area contributed by atoms with Gasteiger partial charge in [-0.05, 0) is 19.3 Å². The zero-order valence-electron chi connectivity index (χ0n) is 9.90. The molecular weight excluding hydrogens is 196 g/mol. The van der Waals surface area contributed by atoms with Gasteiger partial charge in [-0.25, -0.2) is 0 Å². The first-order valence-electron chi connectivity index (χ1n) is 5.39. The first-order chi connectivity index (χ1) is 7.28. The van der Waals surface area contributed by atoms with E-state index in [0.717, 1.165) is 25.5 Å². The molecule has 0 N–H and O–H groups in total. The number of methoxy groups -OCH3 is 2. The van der Waals surface area contributed by atoms with E-state index < -0.39 is 0 Å². The summed E-state index contributed by atoms with van der Waals surface area (Å²) in [7, 11) is 3.27. The highest BCUT2D eigenvalue weighted by Gasteiger charge is 2.14. The van der Waals surface area contributed by atoms with Crippen LogP contribution in [-0.4, -0.2) is 39.5 Å². The number of carbonyl (C=O) groups excluding carboxylic acids is 1. The molecule has 0 bridgehead atoms. The van der Waals surface area contributed by atoms with Crippen LogP contribution in [0.15, 0.2) is 0 Å². The smallest absolute Gasteiger partial charge is 0.157 e. The van der Waals surface area contributed by atoms with Crippen LogP contribution in [0.1, 0.15) is 32.6 Å². The van der Waals surface area contributed by atoms with Crippen LogP contribution in [0.5, 0.6) is 0 Å². The van der Waals surface area contributed by atoms with Gasteiger partial charge in [0.25, 0.3) is 0 Å². The van der Waals surface area contributed by atoms with Crippen molar-refractivity contribution in [2.45, 2.75) is 45.0 Å². The van der Waals surface area contributed by atoms with Gasteiger partial charge in [0.2, 0.25) is 0 Å². The zero-order valence-corrected chi connectivity index (χ0v) is 9.90. The van der Waals surface area contributed by atoms with Crippen molar-refractivity contribution in [3.63, 3.8) is 0 Å². The van der Waals surface area contributed by atoms with Crippen molar-refractivity contribution in [2.75, 3.05) is 20.8 Å². The van der Waals surface area contributed by atoms with Crippen LogP contribution in [0, 0.1) is 0 Å². The van der Waals surface area contributed by atoms with Crippen LogP contribution >= 0.6 is 0 Å². The Morgan fingerprint density at radius 2 is 2.07 bits per heavy atom. The molecule has 0 aliphatic carbocycles. The normalized spacial score (nSPS) is 14.9. The van der Waals surface area contributed by atoms with Crippen molar-refractivity contribution >= 4 is 6.29 Å². The first-order valence-corrected chi connectivity index (χ1v) is 5.39. The third-order valence-electron chi connectivity index (χ3n) is 2.18. The maximum absolute atomic E-state index is 10.2. The molecule has 0 aliphatic heterocycles. The number of hydrogen-bond donors (Lipinski definition) is 0. The second-order valence-electron chi connectivity index (χ2n) is 3.38. The number of ether oxygens (including phenoxy) is 3. The molecule has 90 valence electrons. The molecule has 0 radical (unpaired) electrons. The average molecular weight is 218 g/mol. The molecule has 0 aromatic heterocycles. The summed E-state index contributed by atoms with van der Waals surface area (Å²) in [5, 5.41) is 0. The van der Waals surface area contributed by atoms with Crippen LogP contribution in [0.2, 0.25) is 0 Å². The Morgan fingerprint density at radius 1 is 1.33 bits per heavy atom. The van der Waals surface area contributed by atoms with Crippen LogP contribution < -0.4 is 0 Å². The minimum Gasteiger partial charge on any atom is -0.382 e. The molecule has 0 saturated carbocycles. The fraction of sp³-hybridized carbons (Fsp3) is 0.909. The van der Waals surface area contributed by atoms with Gasteiger partial charge in [-0.3, -0.25) is 0 Å². The third-order valence-corrected chi connectivity index (χ3v) is 2.18. The van der Waals surface area contributed by atoms with Crippen molar-refractivity contribution < 1.29 is 19.0 Å². The van der Waals surface area contributed by atoms with Crippen molar-refractivity contribution in [2.24, 2.45) is 0 Å². The summed E-state index contributed by atoms with van der Waals surface area (Å²) in [6, 6.07) is 0. The molecular formula is C11H22O4. The number of carbonyl (C=O) groups is 1. The molecule has 0 aromatic carbocycles. The molecule has 0 heterocycles. The lowest BCUT2D eigenvalue weighted by molar-refractivity contribution is -0.170. The fourth-order valence-electron chi connectivity index (χ4n) is 1.26. The Hall–Kier alpha value is -0.450. The van der Waals surface area contributed by atoms with E-state index in [-0.39, 0.29) is 12.4 Å². The van der Waals surface area contributed by atoms with Gasteiger partial charge in [0.1, 0.15) is 6.29 Å². The molecule has 2 atom stereocenters. The molecule has 0 spiro atoms. The van der Waals surface area contributed by atoms with E-state index in [1.165, 1.54) is 0 Å². The summed E-state index contributed by atoms with van der Waals surface area (Å²) in [4.78, 5) is 10.2. The number of unbranched alkanes of at least 4 members (excludes halogenated alkanes) is 1. The van der Waals surface area contributed by atoms with Crippen LogP contribution in [-0.2, 0) is 19.0 Å². The van der Waals surface area contributed by atoms with Crippen molar-refractivity contribution in [1.29, 1.82) is 0 Å². The van der Waals surface area contributed by atoms with Gasteiger partial charge in [0.15, 0.2) is 6.29 Å². The van der Waals surface area contributed by atoms with E-state index in [2.05, 4.69) is 0 Å². The second-order valence-corrected chi connectivity index (χ2v) is 3.38. The summed E-state index contributed by atoms with van der Waals surface area (Å²) < 4.78 is 15.9. The Kier molecular flexibility index (Phi) is 9.78. The van der Waals surface area contributed by atoms with Crippen molar-refractivity contribution in [3.8, 4) is 0 Å². The molecule has 0 aliphatic rings. The van der Waals surface area contributed by atoms with Gasteiger partial charge < -0.3 is 19.0 Å². The maximum Gasteiger partial charge on any atom is 0.157 e. The molecule has 4 heteroatoms. The highest BCUT2D eigenvalue weighted by molar-refractivity contribution is 5.48. The summed E-state index contributed by atoms with van der Waals surface area (Å²) in [5.74, 6) is 0. The van der Waals surface area contributed by atoms with E-state index in [9.17, 15) is 4.79 Å². The lowest BCUT2D eigenvalue weighted by Gasteiger charge is -2.22. The maximum atomic E-state index is 10.2. The molecule has 0 rings (SSSR count). The van der Waals surface area contributed by atoms with E-state index in [1.54, 1.807) is 14.2 Å². The lowest BCUT2D eigenvalue weighted by atomic mass is 10.2. The average Bonchev–Trinajstić information content (AvgIpc) is 2.26. The molecule has 0 fully saturated rings. The van der Waals surface area contributed by atoms with Gasteiger partial charge in [-0.15, -0.1) is 0 Å². The fourth-order valence-corrected chi connectivity index (χ4v) is 1.26. The molecule has 0 saturated heterocycles.